The first-order valence-corrected chi connectivity index (χ1v) is 12.0. The second-order valence-corrected chi connectivity index (χ2v) is 9.81. The summed E-state index contributed by atoms with van der Waals surface area (Å²) in [5, 5.41) is 0.174. The minimum atomic E-state index is -3.78. The first-order valence-electron chi connectivity index (χ1n) is 10.1. The Kier molecular flexibility index (Phi) is 6.66. The van der Waals surface area contributed by atoms with Gasteiger partial charge in [-0.2, -0.15) is 4.31 Å². The molecule has 3 aromatic rings. The molecule has 7 nitrogen and oxygen atoms in total. The van der Waals surface area contributed by atoms with Crippen molar-refractivity contribution in [2.24, 2.45) is 0 Å². The van der Waals surface area contributed by atoms with Crippen molar-refractivity contribution in [2.75, 3.05) is 31.2 Å². The molecule has 1 amide bonds. The van der Waals surface area contributed by atoms with E-state index in [1.165, 1.54) is 33.7 Å². The lowest BCUT2D eigenvalue weighted by atomic mass is 10.1. The number of benzene rings is 2. The predicted octanol–water partition coefficient (Wildman–Crippen LogP) is 4.11. The van der Waals surface area contributed by atoms with Crippen molar-refractivity contribution in [3.63, 3.8) is 0 Å². The normalized spacial score (nSPS) is 14.9. The number of rotatable bonds is 6. The predicted molar refractivity (Wildman–Crippen MR) is 121 cm³/mol. The van der Waals surface area contributed by atoms with Crippen molar-refractivity contribution in [1.82, 2.24) is 4.31 Å². The van der Waals surface area contributed by atoms with E-state index in [4.69, 9.17) is 20.8 Å². The van der Waals surface area contributed by atoms with Crippen molar-refractivity contribution in [1.29, 1.82) is 0 Å². The maximum absolute atomic E-state index is 13.6. The van der Waals surface area contributed by atoms with E-state index >= 15 is 0 Å². The SMILES string of the molecule is Cc1ccc(N(Cc2ccco2)C(=O)c2cc(S(=O)(=O)N3CCOCC3)ccc2Cl)cc1. The van der Waals surface area contributed by atoms with E-state index in [1.54, 1.807) is 12.1 Å². The Hall–Kier alpha value is -2.65. The van der Waals surface area contributed by atoms with E-state index in [1.807, 2.05) is 31.2 Å². The Morgan fingerprint density at radius 1 is 1.09 bits per heavy atom. The summed E-state index contributed by atoms with van der Waals surface area (Å²) in [6, 6.07) is 15.2. The van der Waals surface area contributed by atoms with Crippen molar-refractivity contribution >= 4 is 33.2 Å². The summed E-state index contributed by atoms with van der Waals surface area (Å²) in [6.45, 7) is 3.33. The molecule has 1 saturated heterocycles. The summed E-state index contributed by atoms with van der Waals surface area (Å²) in [7, 11) is -3.78. The summed E-state index contributed by atoms with van der Waals surface area (Å²) in [4.78, 5) is 15.1. The summed E-state index contributed by atoms with van der Waals surface area (Å²) >= 11 is 6.37. The standard InChI is InChI=1S/C23H23ClN2O5S/c1-17-4-6-18(7-5-17)26(16-19-3-2-12-31-19)23(27)21-15-20(8-9-22(21)24)32(28,29)25-10-13-30-14-11-25/h2-9,12,15H,10-11,13-14,16H2,1H3. The van der Waals surface area contributed by atoms with E-state index in [0.717, 1.165) is 5.56 Å². The first kappa shape index (κ1) is 22.5. The number of hydrogen-bond donors (Lipinski definition) is 0. The van der Waals surface area contributed by atoms with Crippen molar-refractivity contribution in [2.45, 2.75) is 18.4 Å². The van der Waals surface area contributed by atoms with Gasteiger partial charge in [-0.1, -0.05) is 29.3 Å². The third-order valence-corrected chi connectivity index (χ3v) is 7.49. The van der Waals surface area contributed by atoms with Gasteiger partial charge in [0.1, 0.15) is 5.76 Å². The lowest BCUT2D eigenvalue weighted by molar-refractivity contribution is 0.0730. The molecular weight excluding hydrogens is 452 g/mol. The zero-order chi connectivity index (χ0) is 22.7. The van der Waals surface area contributed by atoms with Crippen LogP contribution in [0.3, 0.4) is 0 Å². The van der Waals surface area contributed by atoms with E-state index in [0.29, 0.717) is 24.7 Å². The molecule has 0 radical (unpaired) electrons. The molecule has 2 aromatic carbocycles. The maximum Gasteiger partial charge on any atom is 0.260 e. The highest BCUT2D eigenvalue weighted by molar-refractivity contribution is 7.89. The Balaban J connectivity index is 1.71. The molecule has 32 heavy (non-hydrogen) atoms. The van der Waals surface area contributed by atoms with Gasteiger partial charge in [0.05, 0.1) is 41.5 Å². The van der Waals surface area contributed by atoms with E-state index in [2.05, 4.69) is 0 Å². The molecule has 9 heteroatoms. The molecule has 1 aliphatic heterocycles. The fourth-order valence-corrected chi connectivity index (χ4v) is 5.11. The molecule has 0 N–H and O–H groups in total. The lowest BCUT2D eigenvalue weighted by Crippen LogP contribution is -2.40. The van der Waals surface area contributed by atoms with Gasteiger partial charge in [-0.15, -0.1) is 0 Å². The monoisotopic (exact) mass is 474 g/mol. The van der Waals surface area contributed by atoms with Gasteiger partial charge in [-0.3, -0.25) is 4.79 Å². The number of carbonyl (C=O) groups is 1. The second-order valence-electron chi connectivity index (χ2n) is 7.46. The molecule has 1 fully saturated rings. The molecule has 1 aliphatic rings. The average molecular weight is 475 g/mol. The molecular formula is C23H23ClN2O5S. The van der Waals surface area contributed by atoms with Crippen LogP contribution in [0.15, 0.2) is 70.2 Å². The van der Waals surface area contributed by atoms with Crippen LogP contribution in [0.4, 0.5) is 5.69 Å². The smallest absolute Gasteiger partial charge is 0.260 e. The number of aryl methyl sites for hydroxylation is 1. The first-order chi connectivity index (χ1) is 15.4. The number of furan rings is 1. The van der Waals surface area contributed by atoms with Crippen LogP contribution in [0.1, 0.15) is 21.7 Å². The third-order valence-electron chi connectivity index (χ3n) is 5.26. The summed E-state index contributed by atoms with van der Waals surface area (Å²) in [6.07, 6.45) is 1.54. The molecule has 0 saturated carbocycles. The number of halogens is 1. The molecule has 4 rings (SSSR count). The number of ether oxygens (including phenoxy) is 1. The minimum absolute atomic E-state index is 0.0222. The van der Waals surface area contributed by atoms with Gasteiger partial charge in [0.25, 0.3) is 5.91 Å². The van der Waals surface area contributed by atoms with E-state index < -0.39 is 15.9 Å². The lowest BCUT2D eigenvalue weighted by Gasteiger charge is -2.26. The van der Waals surface area contributed by atoms with Crippen LogP contribution in [0.5, 0.6) is 0 Å². The minimum Gasteiger partial charge on any atom is -0.467 e. The quantitative estimate of drug-likeness (QED) is 0.537. The topological polar surface area (TPSA) is 80.1 Å². The van der Waals surface area contributed by atoms with Crippen molar-refractivity contribution in [3.05, 3.63) is 82.8 Å². The van der Waals surface area contributed by atoms with Crippen molar-refractivity contribution < 1.29 is 22.4 Å². The number of amides is 1. The number of anilines is 1. The highest BCUT2D eigenvalue weighted by Gasteiger charge is 2.29. The Labute approximate surface area is 192 Å². The Bertz CT molecular complexity index is 1190. The molecule has 0 unspecified atom stereocenters. The zero-order valence-corrected chi connectivity index (χ0v) is 19.1. The molecule has 0 spiro atoms. The number of sulfonamides is 1. The van der Waals surface area contributed by atoms with Crippen LogP contribution in [-0.4, -0.2) is 44.9 Å². The van der Waals surface area contributed by atoms with Crippen molar-refractivity contribution in [3.8, 4) is 0 Å². The van der Waals surface area contributed by atoms with Gasteiger partial charge in [0.2, 0.25) is 10.0 Å². The van der Waals surface area contributed by atoms with Gasteiger partial charge in [-0.05, 0) is 49.4 Å². The molecule has 1 aromatic heterocycles. The molecule has 168 valence electrons. The summed E-state index contributed by atoms with van der Waals surface area (Å²) < 4.78 is 38.2. The Morgan fingerprint density at radius 2 is 1.81 bits per heavy atom. The van der Waals surface area contributed by atoms with Gasteiger partial charge in [-0.25, -0.2) is 8.42 Å². The molecule has 0 bridgehead atoms. The number of morpholine rings is 1. The number of nitrogens with zero attached hydrogens (tertiary/aromatic N) is 2. The van der Waals surface area contributed by atoms with Crippen LogP contribution in [0, 0.1) is 6.92 Å². The molecule has 0 atom stereocenters. The molecule has 2 heterocycles. The van der Waals surface area contributed by atoms with Gasteiger partial charge in [0.15, 0.2) is 0 Å². The zero-order valence-electron chi connectivity index (χ0n) is 17.5. The molecule has 0 aliphatic carbocycles. The second kappa shape index (κ2) is 9.46. The fourth-order valence-electron chi connectivity index (χ4n) is 3.47. The highest BCUT2D eigenvalue weighted by Crippen LogP contribution is 2.28. The number of hydrogen-bond acceptors (Lipinski definition) is 5. The van der Waals surface area contributed by atoms with Gasteiger partial charge < -0.3 is 14.1 Å². The number of carbonyl (C=O) groups excluding carboxylic acids is 1. The van der Waals surface area contributed by atoms with E-state index in [-0.39, 0.29) is 35.1 Å². The van der Waals surface area contributed by atoms with Gasteiger partial charge in [0, 0.05) is 18.8 Å². The summed E-state index contributed by atoms with van der Waals surface area (Å²) in [5.41, 5.74) is 1.80. The Morgan fingerprint density at radius 3 is 2.47 bits per heavy atom. The van der Waals surface area contributed by atoms with Crippen LogP contribution in [0.25, 0.3) is 0 Å². The van der Waals surface area contributed by atoms with E-state index in [9.17, 15) is 13.2 Å². The van der Waals surface area contributed by atoms with Crippen LogP contribution in [0.2, 0.25) is 5.02 Å². The van der Waals surface area contributed by atoms with Crippen LogP contribution >= 0.6 is 11.6 Å². The van der Waals surface area contributed by atoms with Crippen LogP contribution < -0.4 is 4.90 Å². The fraction of sp³-hybridized carbons (Fsp3) is 0.261. The largest absolute Gasteiger partial charge is 0.467 e. The third kappa shape index (κ3) is 4.73. The van der Waals surface area contributed by atoms with Gasteiger partial charge >= 0.3 is 0 Å². The average Bonchev–Trinajstić information content (AvgIpc) is 3.32. The maximum atomic E-state index is 13.6. The summed E-state index contributed by atoms with van der Waals surface area (Å²) in [5.74, 6) is 0.168. The van der Waals surface area contributed by atoms with Crippen LogP contribution in [-0.2, 0) is 21.3 Å². The highest BCUT2D eigenvalue weighted by atomic mass is 35.5.